The summed E-state index contributed by atoms with van der Waals surface area (Å²) in [6.45, 7) is 7.39. The van der Waals surface area contributed by atoms with E-state index in [2.05, 4.69) is 18.8 Å². The predicted molar refractivity (Wildman–Crippen MR) is 160 cm³/mol. The molecule has 9 nitrogen and oxygen atoms in total. The zero-order valence-electron chi connectivity index (χ0n) is 25.0. The summed E-state index contributed by atoms with van der Waals surface area (Å²) in [5, 5.41) is 9.85. The van der Waals surface area contributed by atoms with Crippen LogP contribution in [0.2, 0.25) is 0 Å². The highest BCUT2D eigenvalue weighted by molar-refractivity contribution is 5.99. The molecule has 0 spiro atoms. The van der Waals surface area contributed by atoms with Crippen LogP contribution in [0.15, 0.2) is 54.7 Å². The topological polar surface area (TPSA) is 97.3 Å². The van der Waals surface area contributed by atoms with E-state index in [-0.39, 0.29) is 48.7 Å². The number of aromatic nitrogens is 1. The number of carboxylic acid groups (broad SMARTS) is 1. The van der Waals surface area contributed by atoms with Crippen molar-refractivity contribution < 1.29 is 28.3 Å². The number of amides is 3. The lowest BCUT2D eigenvalue weighted by Gasteiger charge is -2.45. The first-order valence-corrected chi connectivity index (χ1v) is 14.7. The van der Waals surface area contributed by atoms with Gasteiger partial charge < -0.3 is 19.8 Å². The first-order valence-electron chi connectivity index (χ1n) is 14.7. The molecule has 0 bridgehead atoms. The molecule has 1 aromatic heterocycles. The van der Waals surface area contributed by atoms with Crippen LogP contribution in [0.4, 0.5) is 19.3 Å². The highest BCUT2D eigenvalue weighted by Gasteiger charge is 2.42. The summed E-state index contributed by atoms with van der Waals surface area (Å²) in [6.07, 6.45) is 1.25. The molecular weight excluding hydrogens is 568 g/mol. The van der Waals surface area contributed by atoms with Crippen LogP contribution in [0.5, 0.6) is 0 Å². The summed E-state index contributed by atoms with van der Waals surface area (Å²) in [5.41, 5.74) is 4.12. The van der Waals surface area contributed by atoms with Gasteiger partial charge in [-0.3, -0.25) is 19.5 Å². The van der Waals surface area contributed by atoms with E-state index in [9.17, 15) is 28.3 Å². The Bertz CT molecular complexity index is 1630. The smallest absolute Gasteiger partial charge is 0.407 e. The molecule has 3 aliphatic rings. The van der Waals surface area contributed by atoms with E-state index in [1.807, 2.05) is 24.1 Å². The third-order valence-electron chi connectivity index (χ3n) is 9.03. The second-order valence-corrected chi connectivity index (χ2v) is 12.7. The Kier molecular flexibility index (Phi) is 7.61. The number of hydrogen-bond acceptors (Lipinski definition) is 5. The molecule has 6 rings (SSSR count). The van der Waals surface area contributed by atoms with Crippen LogP contribution in [-0.2, 0) is 23.2 Å². The molecule has 3 amide bonds. The summed E-state index contributed by atoms with van der Waals surface area (Å²) in [7, 11) is 0. The molecule has 230 valence electrons. The maximum atomic E-state index is 14.0. The number of anilines is 1. The Morgan fingerprint density at radius 3 is 2.50 bits per heavy atom. The minimum atomic E-state index is -1.05. The Morgan fingerprint density at radius 2 is 1.77 bits per heavy atom. The Hall–Kier alpha value is -4.38. The van der Waals surface area contributed by atoms with Gasteiger partial charge in [-0.1, -0.05) is 32.0 Å². The quantitative estimate of drug-likeness (QED) is 0.452. The standard InChI is InChI=1S/C33H35F2N5O4/c1-20-14-37(26(17-39(20)32(43)44)16-38-15-22-6-9-24(35)11-27(22)31(38)42)18-30(41)40-19-33(2,3)28-13-36-25(12-29(28)40)10-21-4-7-23(34)8-5-21/h4-9,11-13,20,26H,10,14-19H2,1-3H3,(H,43,44)/t20-,26+/m1/s1. The maximum Gasteiger partial charge on any atom is 0.407 e. The van der Waals surface area contributed by atoms with E-state index in [0.29, 0.717) is 31.6 Å². The molecule has 1 N–H and O–H groups in total. The number of rotatable bonds is 6. The first-order chi connectivity index (χ1) is 20.9. The predicted octanol–water partition coefficient (Wildman–Crippen LogP) is 4.28. The van der Waals surface area contributed by atoms with Crippen LogP contribution in [0.25, 0.3) is 0 Å². The summed E-state index contributed by atoms with van der Waals surface area (Å²) < 4.78 is 27.3. The van der Waals surface area contributed by atoms with Gasteiger partial charge >= 0.3 is 6.09 Å². The lowest BCUT2D eigenvalue weighted by molar-refractivity contribution is -0.121. The first kappa shape index (κ1) is 29.7. The lowest BCUT2D eigenvalue weighted by Crippen LogP contribution is -2.63. The van der Waals surface area contributed by atoms with Crippen molar-refractivity contribution in [3.63, 3.8) is 0 Å². The van der Waals surface area contributed by atoms with Crippen LogP contribution in [-0.4, -0.2) is 87.5 Å². The average Bonchev–Trinajstić information content (AvgIpc) is 3.42. The fraction of sp³-hybridized carbons (Fsp3) is 0.394. The van der Waals surface area contributed by atoms with Crippen LogP contribution in [0, 0.1) is 11.6 Å². The van der Waals surface area contributed by atoms with E-state index in [4.69, 9.17) is 0 Å². The number of benzene rings is 2. The molecule has 3 aromatic rings. The van der Waals surface area contributed by atoms with Gasteiger partial charge in [0, 0.05) is 79.7 Å². The van der Waals surface area contributed by atoms with Gasteiger partial charge in [0.1, 0.15) is 11.6 Å². The van der Waals surface area contributed by atoms with Crippen molar-refractivity contribution in [3.05, 3.63) is 94.3 Å². The minimum absolute atomic E-state index is 0.0389. The highest BCUT2D eigenvalue weighted by Crippen LogP contribution is 2.41. The van der Waals surface area contributed by atoms with Gasteiger partial charge in [0.25, 0.3) is 5.91 Å². The van der Waals surface area contributed by atoms with E-state index in [1.165, 1.54) is 29.2 Å². The van der Waals surface area contributed by atoms with Crippen LogP contribution >= 0.6 is 0 Å². The fourth-order valence-corrected chi connectivity index (χ4v) is 6.66. The van der Waals surface area contributed by atoms with E-state index >= 15 is 0 Å². The largest absolute Gasteiger partial charge is 0.465 e. The Labute approximate surface area is 254 Å². The minimum Gasteiger partial charge on any atom is -0.465 e. The number of carbonyl (C=O) groups excluding carboxylic acids is 2. The fourth-order valence-electron chi connectivity index (χ4n) is 6.66. The molecule has 0 saturated carbocycles. The van der Waals surface area contributed by atoms with E-state index < -0.39 is 18.0 Å². The van der Waals surface area contributed by atoms with Crippen molar-refractivity contribution in [2.45, 2.75) is 51.2 Å². The second kappa shape index (κ2) is 11.3. The highest BCUT2D eigenvalue weighted by atomic mass is 19.1. The number of fused-ring (bicyclic) bond motifs is 2. The number of halogens is 2. The van der Waals surface area contributed by atoms with Gasteiger partial charge in [-0.2, -0.15) is 0 Å². The molecule has 0 unspecified atom stereocenters. The van der Waals surface area contributed by atoms with Crippen LogP contribution in [0.1, 0.15) is 53.5 Å². The molecule has 2 aromatic carbocycles. The summed E-state index contributed by atoms with van der Waals surface area (Å²) in [6, 6.07) is 11.6. The Balaban J connectivity index is 1.23. The summed E-state index contributed by atoms with van der Waals surface area (Å²) in [4.78, 5) is 50.5. The molecule has 0 radical (unpaired) electrons. The van der Waals surface area contributed by atoms with Gasteiger partial charge in [-0.15, -0.1) is 0 Å². The van der Waals surface area contributed by atoms with Gasteiger partial charge in [0.05, 0.1) is 12.2 Å². The maximum absolute atomic E-state index is 14.0. The zero-order valence-corrected chi connectivity index (χ0v) is 25.0. The van der Waals surface area contributed by atoms with Gasteiger partial charge in [0.2, 0.25) is 5.91 Å². The number of hydrogen-bond donors (Lipinski definition) is 1. The van der Waals surface area contributed by atoms with E-state index in [1.54, 1.807) is 28.0 Å². The molecule has 0 aliphatic carbocycles. The molecule has 4 heterocycles. The summed E-state index contributed by atoms with van der Waals surface area (Å²) in [5.74, 6) is -1.23. The van der Waals surface area contributed by atoms with Crippen molar-refractivity contribution in [3.8, 4) is 0 Å². The van der Waals surface area contributed by atoms with Crippen LogP contribution < -0.4 is 4.90 Å². The molecule has 44 heavy (non-hydrogen) atoms. The Morgan fingerprint density at radius 1 is 1.05 bits per heavy atom. The SMILES string of the molecule is C[C@@H]1CN(CC(=O)N2CC(C)(C)c3cnc(Cc4ccc(F)cc4)cc32)[C@@H](CN2Cc3ccc(F)cc3C2=O)CN1C(=O)O. The number of carbonyl (C=O) groups is 3. The molecule has 1 saturated heterocycles. The molecule has 3 aliphatic heterocycles. The normalized spacial score (nSPS) is 21.0. The number of nitrogens with zero attached hydrogens (tertiary/aromatic N) is 5. The molecule has 11 heteroatoms. The van der Waals surface area contributed by atoms with Gasteiger partial charge in [-0.25, -0.2) is 13.6 Å². The van der Waals surface area contributed by atoms with Crippen molar-refractivity contribution in [1.82, 2.24) is 19.7 Å². The van der Waals surface area contributed by atoms with Crippen molar-refractivity contribution in [2.75, 3.05) is 37.6 Å². The average molecular weight is 604 g/mol. The number of piperazine rings is 1. The third-order valence-corrected chi connectivity index (χ3v) is 9.03. The summed E-state index contributed by atoms with van der Waals surface area (Å²) >= 11 is 0. The zero-order chi connectivity index (χ0) is 31.3. The second-order valence-electron chi connectivity index (χ2n) is 12.7. The van der Waals surface area contributed by atoms with Gasteiger partial charge in [-0.05, 0) is 48.4 Å². The molecule has 1 fully saturated rings. The molecular formula is C33H35F2N5O4. The van der Waals surface area contributed by atoms with Crippen molar-refractivity contribution >= 4 is 23.6 Å². The molecule has 2 atom stereocenters. The lowest BCUT2D eigenvalue weighted by atomic mass is 9.88. The van der Waals surface area contributed by atoms with Crippen molar-refractivity contribution in [1.29, 1.82) is 0 Å². The van der Waals surface area contributed by atoms with Crippen LogP contribution in [0.3, 0.4) is 0 Å². The monoisotopic (exact) mass is 603 g/mol. The third kappa shape index (κ3) is 5.63. The van der Waals surface area contributed by atoms with E-state index in [0.717, 1.165) is 28.1 Å². The van der Waals surface area contributed by atoms with Crippen molar-refractivity contribution in [2.24, 2.45) is 0 Å². The van der Waals surface area contributed by atoms with Gasteiger partial charge in [0.15, 0.2) is 0 Å². The number of pyridine rings is 1.